The van der Waals surface area contributed by atoms with Gasteiger partial charge in [0.05, 0.1) is 0 Å². The van der Waals surface area contributed by atoms with Crippen LogP contribution >= 0.6 is 0 Å². The summed E-state index contributed by atoms with van der Waals surface area (Å²) >= 11 is -2.25. The van der Waals surface area contributed by atoms with E-state index in [9.17, 15) is 0 Å². The first-order valence-electron chi connectivity index (χ1n) is 17.7. The van der Waals surface area contributed by atoms with Gasteiger partial charge in [-0.25, -0.2) is 0 Å². The molecule has 46 heavy (non-hydrogen) atoms. The average molecular weight is 735 g/mol. The quantitative estimate of drug-likeness (QED) is 0.249. The topological polar surface area (TPSA) is 0 Å². The number of hydrogen-bond donors (Lipinski definition) is 0. The van der Waals surface area contributed by atoms with Crippen LogP contribution in [0, 0.1) is 5.92 Å². The van der Waals surface area contributed by atoms with Crippen LogP contribution in [-0.2, 0) is 38.5 Å². The Morgan fingerprint density at radius 3 is 1.87 bits per heavy atom. The smallest absolute Gasteiger partial charge is 1.00 e. The van der Waals surface area contributed by atoms with Gasteiger partial charge in [-0.05, 0) is 0 Å². The first kappa shape index (κ1) is 37.6. The van der Waals surface area contributed by atoms with E-state index < -0.39 is 21.3 Å². The minimum Gasteiger partial charge on any atom is -1.00 e. The SMILES string of the molecule is CCCC[C](CCCC)=[Zr+2]([C]1=CC(C)=CC1C)[CH]1C=C(C)c2cc3c(cc2C1(C)C)Cc1cc2c(cc1-3)C(C)=CCC2(C)C.[Cl-].[Cl-]. The minimum absolute atomic E-state index is 0. The van der Waals surface area contributed by atoms with Crippen molar-refractivity contribution < 1.29 is 46.1 Å². The summed E-state index contributed by atoms with van der Waals surface area (Å²) in [4.78, 5) is 0. The van der Waals surface area contributed by atoms with Crippen molar-refractivity contribution in [3.63, 3.8) is 0 Å². The third-order valence-corrected chi connectivity index (χ3v) is 21.4. The van der Waals surface area contributed by atoms with E-state index in [0.717, 1.165) is 12.8 Å². The molecule has 4 aliphatic carbocycles. The molecule has 6 rings (SSSR count). The van der Waals surface area contributed by atoms with Gasteiger partial charge in [0.15, 0.2) is 0 Å². The summed E-state index contributed by atoms with van der Waals surface area (Å²) in [6, 6.07) is 10.4. The van der Waals surface area contributed by atoms with Crippen molar-refractivity contribution in [1.82, 2.24) is 0 Å². The molecule has 2 atom stereocenters. The largest absolute Gasteiger partial charge is 1.00 e. The molecule has 0 fully saturated rings. The van der Waals surface area contributed by atoms with Crippen LogP contribution in [0.5, 0.6) is 0 Å². The van der Waals surface area contributed by atoms with Crippen LogP contribution in [-0.4, -0.2) is 3.21 Å². The van der Waals surface area contributed by atoms with Crippen molar-refractivity contribution in [2.75, 3.05) is 0 Å². The Kier molecular flexibility index (Phi) is 11.7. The Labute approximate surface area is 301 Å². The summed E-state index contributed by atoms with van der Waals surface area (Å²) < 4.78 is 4.53. The van der Waals surface area contributed by atoms with Gasteiger partial charge in [0.25, 0.3) is 0 Å². The fourth-order valence-electron chi connectivity index (χ4n) is 8.83. The van der Waals surface area contributed by atoms with Gasteiger partial charge in [-0.1, -0.05) is 0 Å². The van der Waals surface area contributed by atoms with Crippen molar-refractivity contribution in [2.24, 2.45) is 5.92 Å². The average Bonchev–Trinajstić information content (AvgIpc) is 3.50. The molecule has 0 amide bonds. The molecule has 0 spiro atoms. The van der Waals surface area contributed by atoms with Gasteiger partial charge in [0, 0.05) is 0 Å². The van der Waals surface area contributed by atoms with Gasteiger partial charge in [-0.3, -0.25) is 0 Å². The van der Waals surface area contributed by atoms with Gasteiger partial charge in [-0.15, -0.1) is 0 Å². The van der Waals surface area contributed by atoms with Gasteiger partial charge in [0.2, 0.25) is 0 Å². The molecular weight excluding hydrogens is 679 g/mol. The molecular formula is C43H56Cl2Zr. The number of fused-ring (bicyclic) bond motifs is 5. The Balaban J connectivity index is 0.00000240. The van der Waals surface area contributed by atoms with Gasteiger partial charge in [-0.2, -0.15) is 0 Å². The monoisotopic (exact) mass is 732 g/mol. The normalized spacial score (nSPS) is 21.1. The second-order valence-electron chi connectivity index (χ2n) is 15.8. The maximum Gasteiger partial charge on any atom is -1.00 e. The van der Waals surface area contributed by atoms with Crippen molar-refractivity contribution in [1.29, 1.82) is 0 Å². The molecule has 2 aromatic rings. The first-order chi connectivity index (χ1) is 20.9. The van der Waals surface area contributed by atoms with E-state index in [-0.39, 0.29) is 35.6 Å². The Morgan fingerprint density at radius 2 is 1.33 bits per heavy atom. The molecule has 0 heterocycles. The van der Waals surface area contributed by atoms with E-state index in [2.05, 4.69) is 118 Å². The zero-order valence-electron chi connectivity index (χ0n) is 30.2. The first-order valence-corrected chi connectivity index (χ1v) is 21.6. The third-order valence-electron chi connectivity index (χ3n) is 11.6. The Morgan fingerprint density at radius 1 is 0.761 bits per heavy atom. The summed E-state index contributed by atoms with van der Waals surface area (Å²) in [6.45, 7) is 24.4. The van der Waals surface area contributed by atoms with E-state index in [1.807, 2.05) is 6.49 Å². The fourth-order valence-corrected chi connectivity index (χ4v) is 19.5. The second kappa shape index (κ2) is 14.3. The van der Waals surface area contributed by atoms with Crippen LogP contribution in [0.1, 0.15) is 148 Å². The molecule has 2 aromatic carbocycles. The van der Waals surface area contributed by atoms with Crippen molar-refractivity contribution in [3.05, 3.63) is 90.8 Å². The molecule has 0 aliphatic heterocycles. The molecule has 0 bridgehead atoms. The van der Waals surface area contributed by atoms with E-state index in [0.29, 0.717) is 9.54 Å². The minimum atomic E-state index is -2.25. The molecule has 3 heteroatoms. The predicted octanol–water partition coefficient (Wildman–Crippen LogP) is 6.48. The van der Waals surface area contributed by atoms with Crippen molar-refractivity contribution in [3.8, 4) is 11.1 Å². The van der Waals surface area contributed by atoms with Crippen LogP contribution in [0.3, 0.4) is 0 Å². The van der Waals surface area contributed by atoms with Crippen LogP contribution in [0.2, 0.25) is 3.63 Å². The maximum absolute atomic E-state index is 2.79. The van der Waals surface area contributed by atoms with E-state index >= 15 is 0 Å². The summed E-state index contributed by atoms with van der Waals surface area (Å²) in [7, 11) is 0. The van der Waals surface area contributed by atoms with E-state index in [1.165, 1.54) is 83.1 Å². The molecule has 0 N–H and O–H groups in total. The molecule has 0 radical (unpaired) electrons. The van der Waals surface area contributed by atoms with Crippen molar-refractivity contribution >= 4 is 14.4 Å². The summed E-state index contributed by atoms with van der Waals surface area (Å²) in [5.41, 5.74) is 17.0. The van der Waals surface area contributed by atoms with Crippen LogP contribution < -0.4 is 24.8 Å². The van der Waals surface area contributed by atoms with Crippen LogP contribution in [0.4, 0.5) is 0 Å². The number of hydrogen-bond acceptors (Lipinski definition) is 0. The zero-order chi connectivity index (χ0) is 31.6. The molecule has 0 nitrogen and oxygen atoms in total. The number of halogens is 2. The molecule has 246 valence electrons. The molecule has 0 saturated heterocycles. The number of rotatable bonds is 8. The summed E-state index contributed by atoms with van der Waals surface area (Å²) in [5.74, 6) is 0.607. The zero-order valence-corrected chi connectivity index (χ0v) is 34.2. The van der Waals surface area contributed by atoms with Crippen LogP contribution in [0.25, 0.3) is 22.3 Å². The molecule has 2 unspecified atom stereocenters. The maximum atomic E-state index is 2.79. The Hall–Kier alpha value is -1.27. The number of benzene rings is 2. The second-order valence-corrected chi connectivity index (χ2v) is 22.6. The van der Waals surface area contributed by atoms with Gasteiger partial charge in [0.1, 0.15) is 0 Å². The fraction of sp³-hybridized carbons (Fsp3) is 0.512. The standard InChI is InChI=1S/C27H29.C9H18.C7H9.2ClH.Zr/c1-16-7-9-26(3,4)24-12-18-11-19-13-25-21(17(2)8-10-27(25,5)6)15-23(19)22(18)14-20(16)24;1-3-5-7-9-8-6-4-2;1-6-3-4-7(2)5-6;;;/h7-9,12-15H,10-11H2,1-6H3;3-8H2,1-2H3;3,5,7H,1-2H3;2*1H;/q;;;;;+2/p-2. The summed E-state index contributed by atoms with van der Waals surface area (Å²) in [5, 5.41) is 0. The van der Waals surface area contributed by atoms with Gasteiger partial charge >= 0.3 is 279 Å². The van der Waals surface area contributed by atoms with Gasteiger partial charge < -0.3 is 24.8 Å². The number of allylic oxidation sites excluding steroid dienone is 8. The third kappa shape index (κ3) is 6.53. The Bertz CT molecular complexity index is 1660. The summed E-state index contributed by atoms with van der Waals surface area (Å²) in [6.07, 6.45) is 20.7. The van der Waals surface area contributed by atoms with Crippen LogP contribution in [0.15, 0.2) is 57.4 Å². The van der Waals surface area contributed by atoms with Crippen molar-refractivity contribution in [2.45, 2.75) is 135 Å². The predicted molar refractivity (Wildman–Crippen MR) is 191 cm³/mol. The molecule has 0 saturated carbocycles. The molecule has 4 aliphatic rings. The molecule has 0 aromatic heterocycles. The van der Waals surface area contributed by atoms with E-state index in [4.69, 9.17) is 0 Å². The van der Waals surface area contributed by atoms with E-state index in [1.54, 1.807) is 16.7 Å². The number of unbranched alkanes of at least 4 members (excludes halogenated alkanes) is 2.